The van der Waals surface area contributed by atoms with Crippen molar-refractivity contribution in [3.05, 3.63) is 0 Å². The summed E-state index contributed by atoms with van der Waals surface area (Å²) in [6.45, 7) is 2.73. The van der Waals surface area contributed by atoms with Crippen molar-refractivity contribution in [3.8, 4) is 0 Å². The summed E-state index contributed by atoms with van der Waals surface area (Å²) in [6, 6.07) is -0.862. The van der Waals surface area contributed by atoms with E-state index in [4.69, 9.17) is 15.9 Å². The van der Waals surface area contributed by atoms with Crippen LogP contribution in [0.3, 0.4) is 0 Å². The van der Waals surface area contributed by atoms with Gasteiger partial charge in [-0.15, -0.1) is 0 Å². The molecule has 13 heavy (non-hydrogen) atoms. The summed E-state index contributed by atoms with van der Waals surface area (Å²) < 4.78 is 0. The molecule has 0 saturated heterocycles. The summed E-state index contributed by atoms with van der Waals surface area (Å²) in [5, 5.41) is 20.4. The lowest BCUT2D eigenvalue weighted by Crippen LogP contribution is -2.40. The van der Waals surface area contributed by atoms with E-state index in [0.717, 1.165) is 0 Å². The third kappa shape index (κ3) is 6.51. The first-order valence-electron chi connectivity index (χ1n) is 4.45. The van der Waals surface area contributed by atoms with Crippen molar-refractivity contribution in [2.75, 3.05) is 13.1 Å². The van der Waals surface area contributed by atoms with E-state index in [-0.39, 0.29) is 12.6 Å². The van der Waals surface area contributed by atoms with Gasteiger partial charge in [0.1, 0.15) is 6.04 Å². The van der Waals surface area contributed by atoms with Crippen LogP contribution >= 0.6 is 0 Å². The number of carbonyl (C=O) groups is 1. The number of hydrogen-bond donors (Lipinski definition) is 4. The maximum absolute atomic E-state index is 10.3. The van der Waals surface area contributed by atoms with Crippen LogP contribution in [-0.2, 0) is 4.79 Å². The summed E-state index contributed by atoms with van der Waals surface area (Å²) in [4.78, 5) is 10.3. The van der Waals surface area contributed by atoms with E-state index in [0.29, 0.717) is 19.4 Å². The van der Waals surface area contributed by atoms with Crippen molar-refractivity contribution in [2.24, 2.45) is 5.73 Å². The number of hydrogen-bond acceptors (Lipinski definition) is 4. The number of aliphatic carboxylic acids is 1. The van der Waals surface area contributed by atoms with E-state index in [9.17, 15) is 4.79 Å². The third-order valence-electron chi connectivity index (χ3n) is 1.81. The molecule has 0 aliphatic carbocycles. The topological polar surface area (TPSA) is 95.6 Å². The lowest BCUT2D eigenvalue weighted by atomic mass is 10.2. The highest BCUT2D eigenvalue weighted by Gasteiger charge is 2.09. The molecule has 0 rings (SSSR count). The largest absolute Gasteiger partial charge is 0.480 e. The van der Waals surface area contributed by atoms with Crippen molar-refractivity contribution in [2.45, 2.75) is 31.9 Å². The van der Waals surface area contributed by atoms with Crippen LogP contribution in [-0.4, -0.2) is 41.4 Å². The first kappa shape index (κ1) is 12.3. The second-order valence-electron chi connectivity index (χ2n) is 3.00. The van der Waals surface area contributed by atoms with E-state index in [1.54, 1.807) is 0 Å². The zero-order valence-corrected chi connectivity index (χ0v) is 7.86. The van der Waals surface area contributed by atoms with Gasteiger partial charge in [0.25, 0.3) is 0 Å². The smallest absolute Gasteiger partial charge is 0.321 e. The van der Waals surface area contributed by atoms with Crippen LogP contribution in [0.5, 0.6) is 0 Å². The first-order valence-corrected chi connectivity index (χ1v) is 4.45. The van der Waals surface area contributed by atoms with E-state index in [1.807, 2.05) is 6.92 Å². The molecule has 2 unspecified atom stereocenters. The van der Waals surface area contributed by atoms with E-state index in [1.165, 1.54) is 0 Å². The van der Waals surface area contributed by atoms with Crippen LogP contribution in [0.25, 0.3) is 0 Å². The SMILES string of the molecule is CCC(O)CCNCC(N)C(=O)O. The van der Waals surface area contributed by atoms with Crippen LogP contribution in [0.4, 0.5) is 0 Å². The Balaban J connectivity index is 3.30. The molecule has 0 aromatic carbocycles. The molecule has 5 nitrogen and oxygen atoms in total. The molecule has 5 N–H and O–H groups in total. The van der Waals surface area contributed by atoms with Crippen LogP contribution < -0.4 is 11.1 Å². The number of carboxylic acid groups (broad SMARTS) is 1. The molecule has 0 aliphatic rings. The van der Waals surface area contributed by atoms with Crippen molar-refractivity contribution in [3.63, 3.8) is 0 Å². The van der Waals surface area contributed by atoms with Crippen molar-refractivity contribution in [1.82, 2.24) is 5.32 Å². The lowest BCUT2D eigenvalue weighted by molar-refractivity contribution is -0.138. The third-order valence-corrected chi connectivity index (χ3v) is 1.81. The van der Waals surface area contributed by atoms with Gasteiger partial charge in [0.05, 0.1) is 6.10 Å². The highest BCUT2D eigenvalue weighted by Crippen LogP contribution is 1.93. The molecule has 0 fully saturated rings. The molecule has 0 spiro atoms. The highest BCUT2D eigenvalue weighted by atomic mass is 16.4. The van der Waals surface area contributed by atoms with Gasteiger partial charge >= 0.3 is 5.97 Å². The zero-order valence-electron chi connectivity index (χ0n) is 7.86. The van der Waals surface area contributed by atoms with Crippen LogP contribution in [0.1, 0.15) is 19.8 Å². The molecule has 0 bridgehead atoms. The number of aliphatic hydroxyl groups is 1. The Bertz CT molecular complexity index is 152. The van der Waals surface area contributed by atoms with E-state index in [2.05, 4.69) is 5.32 Å². The molecule has 2 atom stereocenters. The van der Waals surface area contributed by atoms with Crippen molar-refractivity contribution < 1.29 is 15.0 Å². The quantitative estimate of drug-likeness (QED) is 0.392. The van der Waals surface area contributed by atoms with Gasteiger partial charge in [0, 0.05) is 6.54 Å². The van der Waals surface area contributed by atoms with Gasteiger partial charge in [0.2, 0.25) is 0 Å². The maximum Gasteiger partial charge on any atom is 0.321 e. The predicted molar refractivity (Wildman–Crippen MR) is 49.4 cm³/mol. The molecule has 0 amide bonds. The summed E-state index contributed by atoms with van der Waals surface area (Å²) in [5.74, 6) is -1.01. The molecule has 0 aliphatic heterocycles. The molecule has 5 heteroatoms. The lowest BCUT2D eigenvalue weighted by Gasteiger charge is -2.10. The number of nitrogens with one attached hydrogen (secondary N) is 1. The fraction of sp³-hybridized carbons (Fsp3) is 0.875. The number of nitrogens with two attached hydrogens (primary N) is 1. The van der Waals surface area contributed by atoms with E-state index >= 15 is 0 Å². The van der Waals surface area contributed by atoms with Crippen LogP contribution in [0, 0.1) is 0 Å². The Morgan fingerprint density at radius 2 is 2.23 bits per heavy atom. The summed E-state index contributed by atoms with van der Waals surface area (Å²) in [6.07, 6.45) is 1.03. The molecule has 0 heterocycles. The Morgan fingerprint density at radius 1 is 1.62 bits per heavy atom. The fourth-order valence-electron chi connectivity index (χ4n) is 0.818. The van der Waals surface area contributed by atoms with Gasteiger partial charge in [-0.25, -0.2) is 0 Å². The Morgan fingerprint density at radius 3 is 2.69 bits per heavy atom. The van der Waals surface area contributed by atoms with Gasteiger partial charge in [-0.3, -0.25) is 4.79 Å². The Hall–Kier alpha value is -0.650. The van der Waals surface area contributed by atoms with Crippen molar-refractivity contribution in [1.29, 1.82) is 0 Å². The molecule has 0 radical (unpaired) electrons. The van der Waals surface area contributed by atoms with Gasteiger partial charge < -0.3 is 21.3 Å². The molecular formula is C8H18N2O3. The standard InChI is InChI=1S/C8H18N2O3/c1-2-6(11)3-4-10-5-7(9)8(12)13/h6-7,10-11H,2-5,9H2,1H3,(H,12,13). The number of aliphatic hydroxyl groups excluding tert-OH is 1. The minimum atomic E-state index is -1.01. The summed E-state index contributed by atoms with van der Waals surface area (Å²) in [7, 11) is 0. The Labute approximate surface area is 77.9 Å². The molecule has 78 valence electrons. The maximum atomic E-state index is 10.3. The average molecular weight is 190 g/mol. The highest BCUT2D eigenvalue weighted by molar-refractivity contribution is 5.73. The summed E-state index contributed by atoms with van der Waals surface area (Å²) in [5.41, 5.74) is 5.24. The van der Waals surface area contributed by atoms with Gasteiger partial charge in [-0.2, -0.15) is 0 Å². The zero-order chi connectivity index (χ0) is 10.3. The minimum absolute atomic E-state index is 0.242. The average Bonchev–Trinajstić information content (AvgIpc) is 2.11. The predicted octanol–water partition coefficient (Wildman–Crippen LogP) is -0.851. The van der Waals surface area contributed by atoms with Gasteiger partial charge in [-0.05, 0) is 19.4 Å². The van der Waals surface area contributed by atoms with E-state index < -0.39 is 12.0 Å². The first-order chi connectivity index (χ1) is 6.07. The van der Waals surface area contributed by atoms with Crippen molar-refractivity contribution >= 4 is 5.97 Å². The fourth-order valence-corrected chi connectivity index (χ4v) is 0.818. The molecule has 0 aromatic rings. The Kier molecular flexibility index (Phi) is 6.48. The number of carboxylic acids is 1. The molecule has 0 saturated carbocycles. The summed E-state index contributed by atoms with van der Waals surface area (Å²) >= 11 is 0. The second-order valence-corrected chi connectivity index (χ2v) is 3.00. The van der Waals surface area contributed by atoms with Crippen LogP contribution in [0.15, 0.2) is 0 Å². The molecular weight excluding hydrogens is 172 g/mol. The monoisotopic (exact) mass is 190 g/mol. The number of rotatable bonds is 7. The van der Waals surface area contributed by atoms with Gasteiger partial charge in [0.15, 0.2) is 0 Å². The van der Waals surface area contributed by atoms with Crippen LogP contribution in [0.2, 0.25) is 0 Å². The molecule has 0 aromatic heterocycles. The normalized spacial score (nSPS) is 15.3. The second kappa shape index (κ2) is 6.82. The minimum Gasteiger partial charge on any atom is -0.480 e. The van der Waals surface area contributed by atoms with Gasteiger partial charge in [-0.1, -0.05) is 6.92 Å².